The highest BCUT2D eigenvalue weighted by atomic mass is 14.5. The van der Waals surface area contributed by atoms with Gasteiger partial charge in [-0.2, -0.15) is 0 Å². The van der Waals surface area contributed by atoms with Gasteiger partial charge in [0.05, 0.1) is 0 Å². The van der Waals surface area contributed by atoms with Crippen molar-refractivity contribution in [1.29, 1.82) is 0 Å². The van der Waals surface area contributed by atoms with E-state index in [0.29, 0.717) is 0 Å². The first-order chi connectivity index (χ1) is 9.60. The first-order valence-corrected chi connectivity index (χ1v) is 9.60. The van der Waals surface area contributed by atoms with Crippen LogP contribution in [0.1, 0.15) is 104 Å². The fourth-order valence-electron chi connectivity index (χ4n) is 5.36. The molecule has 3 saturated carbocycles. The van der Waals surface area contributed by atoms with E-state index in [-0.39, 0.29) is 0 Å². The summed E-state index contributed by atoms with van der Waals surface area (Å²) in [6.45, 7) is 5.16. The van der Waals surface area contributed by atoms with Crippen LogP contribution in [0.4, 0.5) is 0 Å². The molecule has 0 aliphatic heterocycles. The van der Waals surface area contributed by atoms with Crippen molar-refractivity contribution >= 4 is 0 Å². The van der Waals surface area contributed by atoms with E-state index in [9.17, 15) is 0 Å². The summed E-state index contributed by atoms with van der Waals surface area (Å²) in [6, 6.07) is 0. The summed E-state index contributed by atoms with van der Waals surface area (Å²) in [4.78, 5) is 0. The van der Waals surface area contributed by atoms with Crippen molar-refractivity contribution < 1.29 is 0 Å². The zero-order valence-electron chi connectivity index (χ0n) is 14.1. The van der Waals surface area contributed by atoms with Gasteiger partial charge in [0.15, 0.2) is 0 Å². The maximum Gasteiger partial charge on any atom is -0.0297 e. The molecular weight excluding hydrogens is 240 g/mol. The van der Waals surface area contributed by atoms with Crippen molar-refractivity contribution in [1.82, 2.24) is 0 Å². The van der Waals surface area contributed by atoms with Gasteiger partial charge in [0.1, 0.15) is 0 Å². The van der Waals surface area contributed by atoms with E-state index in [0.717, 1.165) is 22.7 Å². The van der Waals surface area contributed by atoms with Crippen molar-refractivity contribution in [2.75, 3.05) is 0 Å². The second-order valence-corrected chi connectivity index (χ2v) is 9.17. The van der Waals surface area contributed by atoms with Crippen molar-refractivity contribution in [3.05, 3.63) is 0 Å². The summed E-state index contributed by atoms with van der Waals surface area (Å²) < 4.78 is 0. The van der Waals surface area contributed by atoms with E-state index >= 15 is 0 Å². The molecule has 3 fully saturated rings. The predicted molar refractivity (Wildman–Crippen MR) is 87.8 cm³/mol. The quantitative estimate of drug-likeness (QED) is 0.452. The average Bonchev–Trinajstić information content (AvgIpc) is 2.76. The molecule has 0 aromatic carbocycles. The molecule has 0 saturated heterocycles. The highest BCUT2D eigenvalue weighted by Gasteiger charge is 2.48. The standard InChI is InChI=1S/C20H36/c1-19(12-5-3-4-9-17-10-8-11-17)15-18(16-19)20(2)13-6-7-14-20/h17-18H,3-16H2,1-2H3. The lowest BCUT2D eigenvalue weighted by atomic mass is 9.53. The fourth-order valence-corrected chi connectivity index (χ4v) is 5.36. The van der Waals surface area contributed by atoms with Crippen LogP contribution >= 0.6 is 0 Å². The molecule has 0 N–H and O–H groups in total. The van der Waals surface area contributed by atoms with E-state index in [1.165, 1.54) is 77.0 Å². The van der Waals surface area contributed by atoms with Crippen molar-refractivity contribution in [3.8, 4) is 0 Å². The summed E-state index contributed by atoms with van der Waals surface area (Å²) in [6.07, 6.45) is 21.3. The molecule has 0 heterocycles. The largest absolute Gasteiger partial charge is 0.0596 e. The van der Waals surface area contributed by atoms with Crippen LogP contribution in [-0.4, -0.2) is 0 Å². The van der Waals surface area contributed by atoms with Crippen LogP contribution < -0.4 is 0 Å². The van der Waals surface area contributed by atoms with Gasteiger partial charge in [0.25, 0.3) is 0 Å². The topological polar surface area (TPSA) is 0 Å². The van der Waals surface area contributed by atoms with Gasteiger partial charge < -0.3 is 0 Å². The van der Waals surface area contributed by atoms with Crippen LogP contribution in [0.3, 0.4) is 0 Å². The fraction of sp³-hybridized carbons (Fsp3) is 1.00. The third kappa shape index (κ3) is 3.25. The number of hydrogen-bond donors (Lipinski definition) is 0. The van der Waals surface area contributed by atoms with E-state index in [4.69, 9.17) is 0 Å². The minimum atomic E-state index is 0.729. The Labute approximate surface area is 127 Å². The summed E-state index contributed by atoms with van der Waals surface area (Å²) in [5, 5.41) is 0. The third-order valence-electron chi connectivity index (χ3n) is 7.33. The molecule has 116 valence electrons. The van der Waals surface area contributed by atoms with Gasteiger partial charge in [-0.05, 0) is 54.8 Å². The molecule has 3 aliphatic carbocycles. The lowest BCUT2D eigenvalue weighted by Gasteiger charge is -2.53. The Bertz CT molecular complexity index is 300. The van der Waals surface area contributed by atoms with Gasteiger partial charge in [-0.25, -0.2) is 0 Å². The Morgan fingerprint density at radius 3 is 2.15 bits per heavy atom. The smallest absolute Gasteiger partial charge is 0.0297 e. The van der Waals surface area contributed by atoms with Crippen molar-refractivity contribution in [2.24, 2.45) is 22.7 Å². The van der Waals surface area contributed by atoms with Crippen LogP contribution in [0.15, 0.2) is 0 Å². The van der Waals surface area contributed by atoms with E-state index in [1.807, 2.05) is 0 Å². The second kappa shape index (κ2) is 6.01. The molecule has 0 nitrogen and oxygen atoms in total. The molecule has 20 heavy (non-hydrogen) atoms. The zero-order chi connectivity index (χ0) is 14.1. The van der Waals surface area contributed by atoms with Gasteiger partial charge in [-0.3, -0.25) is 0 Å². The maximum absolute atomic E-state index is 2.59. The Balaban J connectivity index is 1.28. The highest BCUT2D eigenvalue weighted by Crippen LogP contribution is 2.60. The average molecular weight is 277 g/mol. The van der Waals surface area contributed by atoms with E-state index < -0.39 is 0 Å². The molecule has 0 radical (unpaired) electrons. The maximum atomic E-state index is 2.59. The predicted octanol–water partition coefficient (Wildman–Crippen LogP) is 6.73. The minimum Gasteiger partial charge on any atom is -0.0596 e. The van der Waals surface area contributed by atoms with E-state index in [1.54, 1.807) is 12.8 Å². The normalized spacial score (nSPS) is 36.6. The first kappa shape index (κ1) is 14.9. The van der Waals surface area contributed by atoms with Gasteiger partial charge in [-0.1, -0.05) is 71.6 Å². The van der Waals surface area contributed by atoms with Crippen LogP contribution in [-0.2, 0) is 0 Å². The highest BCUT2D eigenvalue weighted by molar-refractivity contribution is 4.99. The third-order valence-corrected chi connectivity index (χ3v) is 7.33. The van der Waals surface area contributed by atoms with Crippen LogP contribution in [0, 0.1) is 22.7 Å². The molecule has 3 rings (SSSR count). The monoisotopic (exact) mass is 276 g/mol. The molecule has 0 spiro atoms. The molecule has 0 aromatic heterocycles. The van der Waals surface area contributed by atoms with Gasteiger partial charge >= 0.3 is 0 Å². The summed E-state index contributed by atoms with van der Waals surface area (Å²) >= 11 is 0. The Morgan fingerprint density at radius 2 is 1.55 bits per heavy atom. The minimum absolute atomic E-state index is 0.729. The van der Waals surface area contributed by atoms with Gasteiger partial charge in [0, 0.05) is 0 Å². The SMILES string of the molecule is CC1(CCCCCC2CCC2)CC(C2(C)CCCC2)C1. The first-order valence-electron chi connectivity index (χ1n) is 9.60. The molecule has 3 aliphatic rings. The number of rotatable bonds is 7. The zero-order valence-corrected chi connectivity index (χ0v) is 14.1. The summed E-state index contributed by atoms with van der Waals surface area (Å²) in [7, 11) is 0. The molecule has 0 unspecified atom stereocenters. The van der Waals surface area contributed by atoms with Gasteiger partial charge in [0.2, 0.25) is 0 Å². The van der Waals surface area contributed by atoms with Crippen molar-refractivity contribution in [2.45, 2.75) is 104 Å². The molecule has 0 amide bonds. The van der Waals surface area contributed by atoms with Crippen LogP contribution in [0.5, 0.6) is 0 Å². The molecule has 0 atom stereocenters. The van der Waals surface area contributed by atoms with Crippen LogP contribution in [0.25, 0.3) is 0 Å². The molecular formula is C20H36. The molecule has 0 heteroatoms. The molecule has 0 bridgehead atoms. The Morgan fingerprint density at radius 1 is 0.850 bits per heavy atom. The lowest BCUT2D eigenvalue weighted by Crippen LogP contribution is -2.42. The Kier molecular flexibility index (Phi) is 4.48. The number of hydrogen-bond acceptors (Lipinski definition) is 0. The van der Waals surface area contributed by atoms with Crippen LogP contribution in [0.2, 0.25) is 0 Å². The summed E-state index contributed by atoms with van der Waals surface area (Å²) in [5.41, 5.74) is 1.47. The second-order valence-electron chi connectivity index (χ2n) is 9.17. The van der Waals surface area contributed by atoms with Gasteiger partial charge in [-0.15, -0.1) is 0 Å². The lowest BCUT2D eigenvalue weighted by molar-refractivity contribution is -0.0213. The Hall–Kier alpha value is 0. The van der Waals surface area contributed by atoms with E-state index in [2.05, 4.69) is 13.8 Å². The molecule has 0 aromatic rings. The number of unbranched alkanes of at least 4 members (excludes halogenated alkanes) is 2. The van der Waals surface area contributed by atoms with Crippen molar-refractivity contribution in [3.63, 3.8) is 0 Å². The summed E-state index contributed by atoms with van der Waals surface area (Å²) in [5.74, 6) is 2.20.